The first kappa shape index (κ1) is 10.4. The van der Waals surface area contributed by atoms with Gasteiger partial charge in [-0.2, -0.15) is 0 Å². The number of aromatic nitrogens is 2. The molecule has 2 aromatic carbocycles. The minimum atomic E-state index is 0.794. The Morgan fingerprint density at radius 1 is 1.00 bits per heavy atom. The van der Waals surface area contributed by atoms with Crippen LogP contribution in [0.15, 0.2) is 59.2 Å². The average molecular weight is 248 g/mol. The Hall–Kier alpha value is -2.55. The highest BCUT2D eigenvalue weighted by atomic mass is 16.3. The van der Waals surface area contributed by atoms with Gasteiger partial charge in [-0.1, -0.05) is 30.3 Å². The number of fused-ring (bicyclic) bond motifs is 3. The maximum atomic E-state index is 5.46. The summed E-state index contributed by atoms with van der Waals surface area (Å²) in [6.45, 7) is 0. The topological polar surface area (TPSA) is 31.0 Å². The molecule has 0 fully saturated rings. The Morgan fingerprint density at radius 2 is 1.89 bits per heavy atom. The Morgan fingerprint density at radius 3 is 2.74 bits per heavy atom. The molecule has 2 heterocycles. The molecule has 0 saturated carbocycles. The van der Waals surface area contributed by atoms with Gasteiger partial charge in [0.05, 0.1) is 17.3 Å². The van der Waals surface area contributed by atoms with E-state index >= 15 is 0 Å². The Kier molecular flexibility index (Phi) is 2.03. The standard InChI is InChI=1S/C16H12N2O/c1-18-13-9-8-11-5-2-3-6-12(11)15(13)17-16(18)14-7-4-10-19-14/h2-10H,1H3. The third kappa shape index (κ3) is 1.41. The van der Waals surface area contributed by atoms with Crippen LogP contribution in [0.1, 0.15) is 0 Å². The Bertz CT molecular complexity index is 872. The number of imidazole rings is 1. The van der Waals surface area contributed by atoms with E-state index in [2.05, 4.69) is 28.8 Å². The first-order valence-corrected chi connectivity index (χ1v) is 6.22. The molecule has 0 bridgehead atoms. The van der Waals surface area contributed by atoms with E-state index in [0.717, 1.165) is 22.6 Å². The lowest BCUT2D eigenvalue weighted by Gasteiger charge is -2.00. The molecule has 92 valence electrons. The zero-order valence-electron chi connectivity index (χ0n) is 10.5. The van der Waals surface area contributed by atoms with Gasteiger partial charge >= 0.3 is 0 Å². The summed E-state index contributed by atoms with van der Waals surface area (Å²) in [7, 11) is 2.02. The van der Waals surface area contributed by atoms with Crippen molar-refractivity contribution < 1.29 is 4.42 Å². The lowest BCUT2D eigenvalue weighted by molar-refractivity contribution is 0.574. The molecule has 4 rings (SSSR count). The van der Waals surface area contributed by atoms with Crippen molar-refractivity contribution in [3.63, 3.8) is 0 Å². The number of rotatable bonds is 1. The molecule has 0 atom stereocenters. The maximum Gasteiger partial charge on any atom is 0.176 e. The van der Waals surface area contributed by atoms with Gasteiger partial charge in [-0.3, -0.25) is 0 Å². The van der Waals surface area contributed by atoms with Crippen molar-refractivity contribution >= 4 is 21.8 Å². The molecule has 3 heteroatoms. The highest BCUT2D eigenvalue weighted by Crippen LogP contribution is 2.29. The molecular formula is C16H12N2O. The summed E-state index contributed by atoms with van der Waals surface area (Å²) in [5.41, 5.74) is 2.14. The van der Waals surface area contributed by atoms with Gasteiger partial charge in [0.1, 0.15) is 0 Å². The highest BCUT2D eigenvalue weighted by molar-refractivity contribution is 6.05. The predicted octanol–water partition coefficient (Wildman–Crippen LogP) is 3.99. The number of aryl methyl sites for hydroxylation is 1. The van der Waals surface area contributed by atoms with Crippen molar-refractivity contribution in [1.82, 2.24) is 9.55 Å². The molecule has 0 unspecified atom stereocenters. The molecule has 0 N–H and O–H groups in total. The van der Waals surface area contributed by atoms with Crippen LogP contribution in [0.3, 0.4) is 0 Å². The van der Waals surface area contributed by atoms with Crippen molar-refractivity contribution in [1.29, 1.82) is 0 Å². The van der Waals surface area contributed by atoms with Crippen molar-refractivity contribution in [2.45, 2.75) is 0 Å². The number of hydrogen-bond donors (Lipinski definition) is 0. The van der Waals surface area contributed by atoms with Crippen LogP contribution in [-0.2, 0) is 7.05 Å². The van der Waals surface area contributed by atoms with Gasteiger partial charge in [-0.15, -0.1) is 0 Å². The second-order valence-electron chi connectivity index (χ2n) is 4.63. The van der Waals surface area contributed by atoms with Gasteiger partial charge in [0, 0.05) is 12.4 Å². The minimum absolute atomic E-state index is 0.794. The van der Waals surface area contributed by atoms with Crippen LogP contribution in [0.5, 0.6) is 0 Å². The van der Waals surface area contributed by atoms with Gasteiger partial charge in [0.2, 0.25) is 0 Å². The van der Waals surface area contributed by atoms with Crippen molar-refractivity contribution in [2.75, 3.05) is 0 Å². The zero-order chi connectivity index (χ0) is 12.8. The van der Waals surface area contributed by atoms with Gasteiger partial charge in [0.15, 0.2) is 11.6 Å². The van der Waals surface area contributed by atoms with Crippen LogP contribution in [0, 0.1) is 0 Å². The van der Waals surface area contributed by atoms with Gasteiger partial charge in [-0.05, 0) is 23.6 Å². The normalized spacial score (nSPS) is 11.4. The predicted molar refractivity (Wildman–Crippen MR) is 75.9 cm³/mol. The zero-order valence-corrected chi connectivity index (χ0v) is 10.5. The van der Waals surface area contributed by atoms with Crippen LogP contribution in [0.4, 0.5) is 0 Å². The number of furan rings is 1. The summed E-state index contributed by atoms with van der Waals surface area (Å²) >= 11 is 0. The van der Waals surface area contributed by atoms with Crippen LogP contribution in [-0.4, -0.2) is 9.55 Å². The number of hydrogen-bond acceptors (Lipinski definition) is 2. The molecule has 0 aliphatic rings. The van der Waals surface area contributed by atoms with E-state index < -0.39 is 0 Å². The van der Waals surface area contributed by atoms with Gasteiger partial charge in [0.25, 0.3) is 0 Å². The third-order valence-electron chi connectivity index (χ3n) is 3.52. The summed E-state index contributed by atoms with van der Waals surface area (Å²) < 4.78 is 7.53. The van der Waals surface area contributed by atoms with Crippen LogP contribution < -0.4 is 0 Å². The Labute approximate surface area is 110 Å². The third-order valence-corrected chi connectivity index (χ3v) is 3.52. The van der Waals surface area contributed by atoms with E-state index in [1.54, 1.807) is 6.26 Å². The summed E-state index contributed by atoms with van der Waals surface area (Å²) in [5.74, 6) is 1.65. The van der Waals surface area contributed by atoms with Crippen molar-refractivity contribution in [3.05, 3.63) is 54.8 Å². The van der Waals surface area contributed by atoms with Crippen LogP contribution in [0.2, 0.25) is 0 Å². The second kappa shape index (κ2) is 3.72. The summed E-state index contributed by atoms with van der Waals surface area (Å²) in [6.07, 6.45) is 1.67. The first-order valence-electron chi connectivity index (χ1n) is 6.22. The van der Waals surface area contributed by atoms with Crippen LogP contribution in [0.25, 0.3) is 33.4 Å². The molecule has 3 nitrogen and oxygen atoms in total. The maximum absolute atomic E-state index is 5.46. The number of benzene rings is 2. The summed E-state index contributed by atoms with van der Waals surface area (Å²) in [4.78, 5) is 4.75. The largest absolute Gasteiger partial charge is 0.461 e. The van der Waals surface area contributed by atoms with Crippen LogP contribution >= 0.6 is 0 Å². The fraction of sp³-hybridized carbons (Fsp3) is 0.0625. The second-order valence-corrected chi connectivity index (χ2v) is 4.63. The molecule has 0 aliphatic carbocycles. The van der Waals surface area contributed by atoms with E-state index in [-0.39, 0.29) is 0 Å². The monoisotopic (exact) mass is 248 g/mol. The molecule has 0 spiro atoms. The quantitative estimate of drug-likeness (QED) is 0.510. The van der Waals surface area contributed by atoms with Gasteiger partial charge < -0.3 is 8.98 Å². The molecule has 0 aliphatic heterocycles. The van der Waals surface area contributed by atoms with Gasteiger partial charge in [-0.25, -0.2) is 4.98 Å². The molecular weight excluding hydrogens is 236 g/mol. The average Bonchev–Trinajstić information content (AvgIpc) is 3.07. The summed E-state index contributed by atoms with van der Waals surface area (Å²) in [6, 6.07) is 16.4. The van der Waals surface area contributed by atoms with E-state index in [9.17, 15) is 0 Å². The van der Waals surface area contributed by atoms with E-state index in [1.807, 2.05) is 31.3 Å². The molecule has 2 aromatic heterocycles. The lowest BCUT2D eigenvalue weighted by Crippen LogP contribution is -1.90. The smallest absolute Gasteiger partial charge is 0.176 e. The van der Waals surface area contributed by atoms with E-state index in [4.69, 9.17) is 9.40 Å². The molecule has 0 amide bonds. The van der Waals surface area contributed by atoms with E-state index in [0.29, 0.717) is 0 Å². The van der Waals surface area contributed by atoms with E-state index in [1.165, 1.54) is 10.8 Å². The minimum Gasteiger partial charge on any atom is -0.461 e. The highest BCUT2D eigenvalue weighted by Gasteiger charge is 2.13. The Balaban J connectivity index is 2.14. The fourth-order valence-corrected chi connectivity index (χ4v) is 2.55. The SMILES string of the molecule is Cn1c(-c2ccco2)nc2c3ccccc3ccc21. The fourth-order valence-electron chi connectivity index (χ4n) is 2.55. The molecule has 0 radical (unpaired) electrons. The molecule has 0 saturated heterocycles. The number of nitrogens with zero attached hydrogens (tertiary/aromatic N) is 2. The first-order chi connectivity index (χ1) is 9.34. The molecule has 19 heavy (non-hydrogen) atoms. The molecule has 4 aromatic rings. The lowest BCUT2D eigenvalue weighted by atomic mass is 10.1. The van der Waals surface area contributed by atoms with Crippen molar-refractivity contribution in [3.8, 4) is 11.6 Å². The van der Waals surface area contributed by atoms with Crippen molar-refractivity contribution in [2.24, 2.45) is 7.05 Å². The summed E-state index contributed by atoms with van der Waals surface area (Å²) in [5, 5.41) is 2.38.